The fraction of sp³-hybridized carbons (Fsp3) is 0.333. The molecule has 0 aliphatic rings. The average molecular weight is 312 g/mol. The van der Waals surface area contributed by atoms with Crippen molar-refractivity contribution in [1.82, 2.24) is 10.3 Å². The molecule has 0 saturated heterocycles. The van der Waals surface area contributed by atoms with Crippen LogP contribution in [0.25, 0.3) is 0 Å². The Bertz CT molecular complexity index is 642. The van der Waals surface area contributed by atoms with Gasteiger partial charge in [-0.05, 0) is 31.2 Å². The van der Waals surface area contributed by atoms with Crippen LogP contribution < -0.4 is 15.1 Å². The largest absolute Gasteiger partial charge is 0.370 e. The molecule has 1 aromatic heterocycles. The molecule has 5 heteroatoms. The number of anilines is 2. The fourth-order valence-corrected chi connectivity index (χ4v) is 2.20. The minimum absolute atomic E-state index is 0.0798. The number of aromatic nitrogens is 1. The molecule has 1 amide bonds. The van der Waals surface area contributed by atoms with Crippen LogP contribution in [0.15, 0.2) is 48.7 Å². The van der Waals surface area contributed by atoms with Crippen molar-refractivity contribution in [3.8, 4) is 0 Å². The number of likely N-dealkylation sites (N-methyl/N-ethyl adjacent to an activating group) is 1. The lowest BCUT2D eigenvalue weighted by atomic mass is 10.2. The molecule has 1 aromatic carbocycles. The van der Waals surface area contributed by atoms with E-state index in [2.05, 4.69) is 34.3 Å². The number of rotatable bonds is 6. The van der Waals surface area contributed by atoms with E-state index in [1.807, 2.05) is 44.2 Å². The van der Waals surface area contributed by atoms with Crippen LogP contribution in [-0.4, -0.2) is 44.6 Å². The second kappa shape index (κ2) is 7.63. The summed E-state index contributed by atoms with van der Waals surface area (Å²) in [5.74, 6) is 0.691. The minimum atomic E-state index is -0.0798. The normalized spacial score (nSPS) is 11.7. The van der Waals surface area contributed by atoms with Gasteiger partial charge in [0.15, 0.2) is 0 Å². The second-order valence-corrected chi connectivity index (χ2v) is 5.80. The Balaban J connectivity index is 1.95. The van der Waals surface area contributed by atoms with Gasteiger partial charge < -0.3 is 15.1 Å². The molecule has 0 radical (unpaired) electrons. The van der Waals surface area contributed by atoms with Gasteiger partial charge in [0.25, 0.3) is 5.91 Å². The average Bonchev–Trinajstić information content (AvgIpc) is 2.59. The third-order valence-electron chi connectivity index (χ3n) is 3.85. The van der Waals surface area contributed by atoms with Crippen molar-refractivity contribution in [2.24, 2.45) is 0 Å². The number of amides is 1. The van der Waals surface area contributed by atoms with Crippen molar-refractivity contribution >= 4 is 17.4 Å². The number of nitrogens with zero attached hydrogens (tertiary/aromatic N) is 3. The number of pyridine rings is 1. The van der Waals surface area contributed by atoms with Crippen LogP contribution in [-0.2, 0) is 0 Å². The number of nitrogens with one attached hydrogen (secondary N) is 1. The molecule has 0 aliphatic heterocycles. The lowest BCUT2D eigenvalue weighted by molar-refractivity contribution is 0.0951. The zero-order valence-corrected chi connectivity index (χ0v) is 14.2. The van der Waals surface area contributed by atoms with Crippen molar-refractivity contribution in [2.45, 2.75) is 13.0 Å². The van der Waals surface area contributed by atoms with Gasteiger partial charge in [0, 0.05) is 51.2 Å². The van der Waals surface area contributed by atoms with Gasteiger partial charge in [-0.1, -0.05) is 18.2 Å². The van der Waals surface area contributed by atoms with Crippen LogP contribution in [0.4, 0.5) is 11.5 Å². The first-order valence-corrected chi connectivity index (χ1v) is 7.68. The minimum Gasteiger partial charge on any atom is -0.370 e. The standard InChI is InChI=1S/C18H24N4O/c1-14(22(4)16-8-6-5-7-9-16)13-20-18(23)15-10-11-19-17(12-15)21(2)3/h5-12,14H,13H2,1-4H3,(H,20,23)/t14-/m0/s1. The van der Waals surface area contributed by atoms with E-state index in [0.717, 1.165) is 11.5 Å². The number of benzene rings is 1. The fourth-order valence-electron chi connectivity index (χ4n) is 2.20. The van der Waals surface area contributed by atoms with Gasteiger partial charge in [-0.15, -0.1) is 0 Å². The molecular weight excluding hydrogens is 288 g/mol. The number of carbonyl (C=O) groups excluding carboxylic acids is 1. The molecular formula is C18H24N4O. The van der Waals surface area contributed by atoms with Gasteiger partial charge in [0.2, 0.25) is 0 Å². The summed E-state index contributed by atoms with van der Waals surface area (Å²) in [7, 11) is 5.84. The number of hydrogen-bond donors (Lipinski definition) is 1. The molecule has 5 nitrogen and oxygen atoms in total. The van der Waals surface area contributed by atoms with Gasteiger partial charge in [0.05, 0.1) is 0 Å². The van der Waals surface area contributed by atoms with E-state index in [4.69, 9.17) is 0 Å². The molecule has 0 unspecified atom stereocenters. The van der Waals surface area contributed by atoms with Crippen molar-refractivity contribution in [3.63, 3.8) is 0 Å². The summed E-state index contributed by atoms with van der Waals surface area (Å²) in [5, 5.41) is 2.99. The van der Waals surface area contributed by atoms with Crippen LogP contribution in [0.2, 0.25) is 0 Å². The summed E-state index contributed by atoms with van der Waals surface area (Å²) in [6.45, 7) is 2.66. The topological polar surface area (TPSA) is 48.5 Å². The summed E-state index contributed by atoms with van der Waals surface area (Å²) in [4.78, 5) is 20.6. The molecule has 23 heavy (non-hydrogen) atoms. The predicted molar refractivity (Wildman–Crippen MR) is 95.2 cm³/mol. The van der Waals surface area contributed by atoms with Crippen molar-refractivity contribution < 1.29 is 4.79 Å². The van der Waals surface area contributed by atoms with Crippen LogP contribution in [0.3, 0.4) is 0 Å². The maximum Gasteiger partial charge on any atom is 0.251 e. The molecule has 0 aliphatic carbocycles. The van der Waals surface area contributed by atoms with E-state index in [9.17, 15) is 4.79 Å². The van der Waals surface area contributed by atoms with Crippen LogP contribution in [0, 0.1) is 0 Å². The number of hydrogen-bond acceptors (Lipinski definition) is 4. The van der Waals surface area contributed by atoms with Crippen molar-refractivity contribution in [2.75, 3.05) is 37.5 Å². The molecule has 0 bridgehead atoms. The zero-order valence-electron chi connectivity index (χ0n) is 14.2. The first kappa shape index (κ1) is 16.8. The Morgan fingerprint density at radius 3 is 2.52 bits per heavy atom. The Morgan fingerprint density at radius 2 is 1.87 bits per heavy atom. The van der Waals surface area contributed by atoms with Gasteiger partial charge in [-0.3, -0.25) is 4.79 Å². The third-order valence-corrected chi connectivity index (χ3v) is 3.85. The van der Waals surface area contributed by atoms with E-state index in [0.29, 0.717) is 12.1 Å². The zero-order chi connectivity index (χ0) is 16.8. The molecule has 2 aromatic rings. The monoisotopic (exact) mass is 312 g/mol. The summed E-state index contributed by atoms with van der Waals surface area (Å²) in [5.41, 5.74) is 1.76. The van der Waals surface area contributed by atoms with E-state index >= 15 is 0 Å². The Hall–Kier alpha value is -2.56. The highest BCUT2D eigenvalue weighted by atomic mass is 16.1. The molecule has 0 spiro atoms. The first-order valence-electron chi connectivity index (χ1n) is 7.68. The molecule has 2 rings (SSSR count). The molecule has 0 fully saturated rings. The summed E-state index contributed by atoms with van der Waals surface area (Å²) >= 11 is 0. The quantitative estimate of drug-likeness (QED) is 0.890. The second-order valence-electron chi connectivity index (χ2n) is 5.80. The molecule has 0 saturated carbocycles. The summed E-state index contributed by atoms with van der Waals surface area (Å²) in [6, 6.07) is 13.9. The van der Waals surface area contributed by atoms with E-state index in [-0.39, 0.29) is 11.9 Å². The highest BCUT2D eigenvalue weighted by Crippen LogP contribution is 2.14. The molecule has 1 N–H and O–H groups in total. The van der Waals surface area contributed by atoms with E-state index in [1.54, 1.807) is 18.3 Å². The third kappa shape index (κ3) is 4.45. The Labute approximate surface area is 137 Å². The molecule has 1 heterocycles. The van der Waals surface area contributed by atoms with E-state index in [1.165, 1.54) is 0 Å². The number of para-hydroxylation sites is 1. The predicted octanol–water partition coefficient (Wildman–Crippen LogP) is 2.40. The van der Waals surface area contributed by atoms with Gasteiger partial charge in [0.1, 0.15) is 5.82 Å². The Morgan fingerprint density at radius 1 is 1.17 bits per heavy atom. The summed E-state index contributed by atoms with van der Waals surface area (Å²) in [6.07, 6.45) is 1.66. The summed E-state index contributed by atoms with van der Waals surface area (Å²) < 4.78 is 0. The Kier molecular flexibility index (Phi) is 5.57. The SMILES string of the molecule is C[C@@H](CNC(=O)c1ccnc(N(C)C)c1)N(C)c1ccccc1. The van der Waals surface area contributed by atoms with Crippen LogP contribution in [0.1, 0.15) is 17.3 Å². The lowest BCUT2D eigenvalue weighted by Crippen LogP contribution is -2.40. The first-order chi connectivity index (χ1) is 11.0. The maximum atomic E-state index is 12.3. The molecule has 1 atom stereocenters. The highest BCUT2D eigenvalue weighted by molar-refractivity contribution is 5.94. The lowest BCUT2D eigenvalue weighted by Gasteiger charge is -2.27. The van der Waals surface area contributed by atoms with Gasteiger partial charge in [-0.25, -0.2) is 4.98 Å². The van der Waals surface area contributed by atoms with E-state index < -0.39 is 0 Å². The van der Waals surface area contributed by atoms with Gasteiger partial charge >= 0.3 is 0 Å². The van der Waals surface area contributed by atoms with Crippen molar-refractivity contribution in [1.29, 1.82) is 0 Å². The van der Waals surface area contributed by atoms with Crippen molar-refractivity contribution in [3.05, 3.63) is 54.2 Å². The van der Waals surface area contributed by atoms with Crippen LogP contribution in [0.5, 0.6) is 0 Å². The maximum absolute atomic E-state index is 12.3. The molecule has 122 valence electrons. The van der Waals surface area contributed by atoms with Gasteiger partial charge in [-0.2, -0.15) is 0 Å². The smallest absolute Gasteiger partial charge is 0.251 e. The number of carbonyl (C=O) groups is 1. The highest BCUT2D eigenvalue weighted by Gasteiger charge is 2.13. The van der Waals surface area contributed by atoms with Crippen LogP contribution >= 0.6 is 0 Å².